The van der Waals surface area contributed by atoms with Crippen molar-refractivity contribution in [3.63, 3.8) is 0 Å². The van der Waals surface area contributed by atoms with Crippen LogP contribution in [0.25, 0.3) is 0 Å². The molecule has 0 aliphatic rings. The zero-order chi connectivity index (χ0) is 13.9. The zero-order valence-corrected chi connectivity index (χ0v) is 11.6. The van der Waals surface area contributed by atoms with Gasteiger partial charge in [0.15, 0.2) is 9.84 Å². The quantitative estimate of drug-likeness (QED) is 0.932. The Morgan fingerprint density at radius 2 is 1.58 bits per heavy atom. The maximum Gasteiger partial charge on any atom is 0.186 e. The fourth-order valence-electron chi connectivity index (χ4n) is 2.00. The fourth-order valence-corrected chi connectivity index (χ4v) is 3.61. The van der Waals surface area contributed by atoms with Crippen molar-refractivity contribution in [2.75, 3.05) is 6.54 Å². The Balaban J connectivity index is 2.45. The molecule has 0 saturated heterocycles. The van der Waals surface area contributed by atoms with Crippen molar-refractivity contribution in [3.8, 4) is 0 Å². The molecule has 100 valence electrons. The van der Waals surface area contributed by atoms with E-state index in [4.69, 9.17) is 5.73 Å². The molecule has 4 heteroatoms. The molecule has 2 aromatic carbocycles. The van der Waals surface area contributed by atoms with E-state index in [9.17, 15) is 8.42 Å². The van der Waals surface area contributed by atoms with Crippen LogP contribution in [0.15, 0.2) is 59.5 Å². The van der Waals surface area contributed by atoms with Crippen LogP contribution in [-0.4, -0.2) is 15.0 Å². The van der Waals surface area contributed by atoms with Crippen molar-refractivity contribution >= 4 is 9.84 Å². The monoisotopic (exact) mass is 275 g/mol. The Hall–Kier alpha value is -1.65. The Labute approximate surface area is 114 Å². The van der Waals surface area contributed by atoms with Crippen molar-refractivity contribution in [1.82, 2.24) is 0 Å². The predicted octanol–water partition coefficient (Wildman–Crippen LogP) is 2.47. The summed E-state index contributed by atoms with van der Waals surface area (Å²) < 4.78 is 25.2. The Kier molecular flexibility index (Phi) is 4.02. The first kappa shape index (κ1) is 13.8. The standard InChI is InChI=1S/C15H17NO2S/c1-12-7-9-14(10-8-12)19(17,18)15(11-16)13-5-3-2-4-6-13/h2-10,15H,11,16H2,1H3/t15-/m1/s1. The van der Waals surface area contributed by atoms with Crippen molar-refractivity contribution in [3.05, 3.63) is 65.7 Å². The number of hydrogen-bond acceptors (Lipinski definition) is 3. The normalized spacial score (nSPS) is 13.2. The number of hydrogen-bond donors (Lipinski definition) is 1. The van der Waals surface area contributed by atoms with Gasteiger partial charge in [-0.05, 0) is 24.6 Å². The second-order valence-electron chi connectivity index (χ2n) is 4.49. The third kappa shape index (κ3) is 2.85. The van der Waals surface area contributed by atoms with Crippen LogP contribution >= 0.6 is 0 Å². The summed E-state index contributed by atoms with van der Waals surface area (Å²) in [6, 6.07) is 16.0. The smallest absolute Gasteiger partial charge is 0.186 e. The molecule has 0 heterocycles. The van der Waals surface area contributed by atoms with Gasteiger partial charge in [0.2, 0.25) is 0 Å². The van der Waals surface area contributed by atoms with Crippen LogP contribution in [0.4, 0.5) is 0 Å². The second kappa shape index (κ2) is 5.55. The van der Waals surface area contributed by atoms with E-state index < -0.39 is 15.1 Å². The SMILES string of the molecule is Cc1ccc(S(=O)(=O)[C@H](CN)c2ccccc2)cc1. The Bertz CT molecular complexity index is 634. The highest BCUT2D eigenvalue weighted by molar-refractivity contribution is 7.91. The van der Waals surface area contributed by atoms with Crippen LogP contribution in [0, 0.1) is 6.92 Å². The van der Waals surface area contributed by atoms with E-state index in [1.807, 2.05) is 25.1 Å². The zero-order valence-electron chi connectivity index (χ0n) is 10.8. The van der Waals surface area contributed by atoms with Gasteiger partial charge in [-0.2, -0.15) is 0 Å². The highest BCUT2D eigenvalue weighted by atomic mass is 32.2. The summed E-state index contributed by atoms with van der Waals surface area (Å²) >= 11 is 0. The Morgan fingerprint density at radius 1 is 1.00 bits per heavy atom. The molecule has 3 nitrogen and oxygen atoms in total. The first-order chi connectivity index (χ1) is 9.05. The minimum absolute atomic E-state index is 0.0697. The van der Waals surface area contributed by atoms with E-state index in [2.05, 4.69) is 0 Å². The van der Waals surface area contributed by atoms with Gasteiger partial charge in [-0.25, -0.2) is 8.42 Å². The fraction of sp³-hybridized carbons (Fsp3) is 0.200. The lowest BCUT2D eigenvalue weighted by atomic mass is 10.1. The number of benzene rings is 2. The third-order valence-corrected chi connectivity index (χ3v) is 5.25. The molecule has 0 aliphatic carbocycles. The van der Waals surface area contributed by atoms with Gasteiger partial charge in [-0.1, -0.05) is 48.0 Å². The van der Waals surface area contributed by atoms with E-state index >= 15 is 0 Å². The molecule has 2 N–H and O–H groups in total. The molecule has 2 rings (SSSR count). The molecular formula is C15H17NO2S. The molecule has 0 spiro atoms. The predicted molar refractivity (Wildman–Crippen MR) is 76.6 cm³/mol. The number of rotatable bonds is 4. The van der Waals surface area contributed by atoms with Gasteiger partial charge in [0, 0.05) is 6.54 Å². The minimum atomic E-state index is -3.45. The summed E-state index contributed by atoms with van der Waals surface area (Å²) in [5, 5.41) is -0.698. The van der Waals surface area contributed by atoms with Gasteiger partial charge in [-0.3, -0.25) is 0 Å². The number of sulfone groups is 1. The molecule has 0 bridgehead atoms. The highest BCUT2D eigenvalue weighted by Gasteiger charge is 2.27. The van der Waals surface area contributed by atoms with Gasteiger partial charge in [0.1, 0.15) is 5.25 Å². The lowest BCUT2D eigenvalue weighted by Gasteiger charge is -2.16. The first-order valence-corrected chi connectivity index (χ1v) is 7.66. The van der Waals surface area contributed by atoms with Crippen molar-refractivity contribution in [1.29, 1.82) is 0 Å². The summed E-state index contributed by atoms with van der Waals surface area (Å²) in [6.07, 6.45) is 0. The van der Waals surface area contributed by atoms with Crippen LogP contribution in [-0.2, 0) is 9.84 Å². The van der Waals surface area contributed by atoms with E-state index in [0.717, 1.165) is 11.1 Å². The molecule has 2 aromatic rings. The highest BCUT2D eigenvalue weighted by Crippen LogP contribution is 2.28. The molecule has 0 aromatic heterocycles. The largest absolute Gasteiger partial charge is 0.329 e. The molecule has 0 aliphatic heterocycles. The van der Waals surface area contributed by atoms with Gasteiger partial charge in [-0.15, -0.1) is 0 Å². The van der Waals surface area contributed by atoms with Crippen LogP contribution in [0.2, 0.25) is 0 Å². The van der Waals surface area contributed by atoms with E-state index in [0.29, 0.717) is 4.90 Å². The molecule has 1 atom stereocenters. The van der Waals surface area contributed by atoms with Gasteiger partial charge < -0.3 is 5.73 Å². The Morgan fingerprint density at radius 3 is 2.11 bits per heavy atom. The average molecular weight is 275 g/mol. The maximum atomic E-state index is 12.6. The average Bonchev–Trinajstić information content (AvgIpc) is 2.41. The summed E-state index contributed by atoms with van der Waals surface area (Å²) in [5.74, 6) is 0. The van der Waals surface area contributed by atoms with Crippen LogP contribution < -0.4 is 5.73 Å². The number of nitrogens with two attached hydrogens (primary N) is 1. The summed E-state index contributed by atoms with van der Waals surface area (Å²) in [6.45, 7) is 1.99. The van der Waals surface area contributed by atoms with Crippen molar-refractivity contribution < 1.29 is 8.42 Å². The van der Waals surface area contributed by atoms with Crippen molar-refractivity contribution in [2.45, 2.75) is 17.1 Å². The lowest BCUT2D eigenvalue weighted by Crippen LogP contribution is -2.22. The second-order valence-corrected chi connectivity index (χ2v) is 6.62. The molecule has 0 saturated carbocycles. The summed E-state index contributed by atoms with van der Waals surface area (Å²) in [4.78, 5) is 0.317. The van der Waals surface area contributed by atoms with Gasteiger partial charge >= 0.3 is 0 Å². The lowest BCUT2D eigenvalue weighted by molar-refractivity contribution is 0.582. The first-order valence-electron chi connectivity index (χ1n) is 6.11. The third-order valence-electron chi connectivity index (χ3n) is 3.11. The van der Waals surface area contributed by atoms with Crippen molar-refractivity contribution in [2.24, 2.45) is 5.73 Å². The molecular weight excluding hydrogens is 258 g/mol. The summed E-state index contributed by atoms with van der Waals surface area (Å²) in [7, 11) is -3.45. The van der Waals surface area contributed by atoms with E-state index in [-0.39, 0.29) is 6.54 Å². The molecule has 0 amide bonds. The summed E-state index contributed by atoms with van der Waals surface area (Å²) in [5.41, 5.74) is 7.44. The molecule has 19 heavy (non-hydrogen) atoms. The molecule has 0 fully saturated rings. The molecule has 0 radical (unpaired) electrons. The molecule has 0 unspecified atom stereocenters. The van der Waals surface area contributed by atoms with Crippen LogP contribution in [0.1, 0.15) is 16.4 Å². The minimum Gasteiger partial charge on any atom is -0.329 e. The van der Waals surface area contributed by atoms with E-state index in [1.54, 1.807) is 36.4 Å². The van der Waals surface area contributed by atoms with Crippen LogP contribution in [0.3, 0.4) is 0 Å². The van der Waals surface area contributed by atoms with Gasteiger partial charge in [0.05, 0.1) is 4.90 Å². The van der Waals surface area contributed by atoms with Crippen LogP contribution in [0.5, 0.6) is 0 Å². The van der Waals surface area contributed by atoms with E-state index in [1.165, 1.54) is 0 Å². The van der Waals surface area contributed by atoms with Gasteiger partial charge in [0.25, 0.3) is 0 Å². The number of aryl methyl sites for hydroxylation is 1. The maximum absolute atomic E-state index is 12.6. The topological polar surface area (TPSA) is 60.2 Å².